The molecule has 0 aliphatic rings. The van der Waals surface area contributed by atoms with Crippen LogP contribution in [0.25, 0.3) is 22.6 Å². The summed E-state index contributed by atoms with van der Waals surface area (Å²) in [7, 11) is 1.80. The van der Waals surface area contributed by atoms with Crippen LogP contribution in [0.1, 0.15) is 5.56 Å². The highest BCUT2D eigenvalue weighted by Gasteiger charge is 2.17. The zero-order chi connectivity index (χ0) is 21.3. The Balaban J connectivity index is 1.45. The summed E-state index contributed by atoms with van der Waals surface area (Å²) in [5.41, 5.74) is 1.84. The number of anilines is 1. The van der Waals surface area contributed by atoms with Crippen LogP contribution in [0.15, 0.2) is 58.1 Å². The van der Waals surface area contributed by atoms with E-state index in [0.29, 0.717) is 22.4 Å². The Labute approximate surface area is 175 Å². The molecule has 9 nitrogen and oxygen atoms in total. The van der Waals surface area contributed by atoms with E-state index in [4.69, 9.17) is 4.42 Å². The molecule has 0 spiro atoms. The fourth-order valence-corrected chi connectivity index (χ4v) is 3.63. The highest BCUT2D eigenvalue weighted by atomic mass is 32.2. The SMILES string of the molecule is Cc1ccc([N+](=O)[O-])cc1NC(=O)CSc1nnc(-c2cc3ccccc3o2)n1C. The number of carbonyl (C=O) groups is 1. The summed E-state index contributed by atoms with van der Waals surface area (Å²) >= 11 is 1.21. The van der Waals surface area contributed by atoms with E-state index in [1.807, 2.05) is 30.3 Å². The molecule has 30 heavy (non-hydrogen) atoms. The molecule has 2 aromatic heterocycles. The average Bonchev–Trinajstić information content (AvgIpc) is 3.31. The van der Waals surface area contributed by atoms with E-state index >= 15 is 0 Å². The third kappa shape index (κ3) is 3.90. The molecule has 4 rings (SSSR count). The number of fused-ring (bicyclic) bond motifs is 1. The predicted molar refractivity (Wildman–Crippen MR) is 113 cm³/mol. The van der Waals surface area contributed by atoms with Gasteiger partial charge in [-0.2, -0.15) is 0 Å². The number of aromatic nitrogens is 3. The molecule has 152 valence electrons. The normalized spacial score (nSPS) is 11.0. The molecular weight excluding hydrogens is 406 g/mol. The van der Waals surface area contributed by atoms with E-state index < -0.39 is 4.92 Å². The number of nitro benzene ring substituents is 1. The summed E-state index contributed by atoms with van der Waals surface area (Å²) in [6.07, 6.45) is 0. The van der Waals surface area contributed by atoms with Gasteiger partial charge in [-0.05, 0) is 24.6 Å². The Bertz CT molecular complexity index is 1230. The second-order valence-electron chi connectivity index (χ2n) is 6.61. The van der Waals surface area contributed by atoms with Crippen LogP contribution in [0.2, 0.25) is 0 Å². The zero-order valence-corrected chi connectivity index (χ0v) is 17.0. The van der Waals surface area contributed by atoms with Crippen molar-refractivity contribution in [2.45, 2.75) is 12.1 Å². The number of hydrogen-bond donors (Lipinski definition) is 1. The number of amides is 1. The molecule has 1 amide bonds. The Hall–Kier alpha value is -3.66. The lowest BCUT2D eigenvalue weighted by Crippen LogP contribution is -2.15. The van der Waals surface area contributed by atoms with Gasteiger partial charge in [-0.1, -0.05) is 36.0 Å². The van der Waals surface area contributed by atoms with Crippen molar-refractivity contribution in [1.29, 1.82) is 0 Å². The number of carbonyl (C=O) groups excluding carboxylic acids is 1. The lowest BCUT2D eigenvalue weighted by molar-refractivity contribution is -0.384. The zero-order valence-electron chi connectivity index (χ0n) is 16.2. The van der Waals surface area contributed by atoms with E-state index in [-0.39, 0.29) is 17.3 Å². The first kappa shape index (κ1) is 19.6. The molecule has 0 aliphatic heterocycles. The van der Waals surface area contributed by atoms with Crippen LogP contribution in [0.5, 0.6) is 0 Å². The molecule has 2 heterocycles. The first-order chi connectivity index (χ1) is 14.4. The summed E-state index contributed by atoms with van der Waals surface area (Å²) in [6, 6.07) is 13.9. The van der Waals surface area contributed by atoms with Gasteiger partial charge < -0.3 is 14.3 Å². The fraction of sp³-hybridized carbons (Fsp3) is 0.150. The third-order valence-corrected chi connectivity index (χ3v) is 5.54. The summed E-state index contributed by atoms with van der Waals surface area (Å²) in [4.78, 5) is 22.8. The van der Waals surface area contributed by atoms with Gasteiger partial charge in [0.05, 0.1) is 16.4 Å². The minimum Gasteiger partial charge on any atom is -0.453 e. The minimum absolute atomic E-state index is 0.0765. The lowest BCUT2D eigenvalue weighted by Gasteiger charge is -2.08. The predicted octanol–water partition coefficient (Wildman–Crippen LogP) is 4.18. The molecule has 0 bridgehead atoms. The van der Waals surface area contributed by atoms with Gasteiger partial charge in [0.25, 0.3) is 5.69 Å². The average molecular weight is 423 g/mol. The minimum atomic E-state index is -0.497. The number of para-hydroxylation sites is 1. The number of benzene rings is 2. The number of non-ortho nitro benzene ring substituents is 1. The van der Waals surface area contributed by atoms with Crippen LogP contribution in [0.4, 0.5) is 11.4 Å². The van der Waals surface area contributed by atoms with Gasteiger partial charge in [-0.3, -0.25) is 14.9 Å². The number of nitro groups is 1. The second kappa shape index (κ2) is 7.99. The van der Waals surface area contributed by atoms with E-state index in [0.717, 1.165) is 16.5 Å². The summed E-state index contributed by atoms with van der Waals surface area (Å²) in [5.74, 6) is 0.934. The van der Waals surface area contributed by atoms with E-state index in [2.05, 4.69) is 15.5 Å². The second-order valence-corrected chi connectivity index (χ2v) is 7.55. The van der Waals surface area contributed by atoms with Crippen molar-refractivity contribution in [3.8, 4) is 11.6 Å². The molecule has 0 unspecified atom stereocenters. The van der Waals surface area contributed by atoms with Crippen LogP contribution in [-0.2, 0) is 11.8 Å². The summed E-state index contributed by atoms with van der Waals surface area (Å²) < 4.78 is 7.59. The number of rotatable bonds is 6. The van der Waals surface area contributed by atoms with Crippen molar-refractivity contribution in [1.82, 2.24) is 14.8 Å². The molecule has 0 saturated carbocycles. The molecule has 2 aromatic carbocycles. The van der Waals surface area contributed by atoms with Crippen molar-refractivity contribution in [2.24, 2.45) is 7.05 Å². The Morgan fingerprint density at radius 2 is 2.03 bits per heavy atom. The van der Waals surface area contributed by atoms with Crippen LogP contribution < -0.4 is 5.32 Å². The number of hydrogen-bond acceptors (Lipinski definition) is 7. The van der Waals surface area contributed by atoms with Crippen molar-refractivity contribution in [3.05, 3.63) is 64.2 Å². The standard InChI is InChI=1S/C20H17N5O4S/c1-12-7-8-14(25(27)28)10-15(12)21-18(26)11-30-20-23-22-19(24(20)2)17-9-13-5-3-4-6-16(13)29-17/h3-10H,11H2,1-2H3,(H,21,26). The molecule has 0 aliphatic carbocycles. The molecule has 4 aromatic rings. The van der Waals surface area contributed by atoms with Crippen LogP contribution in [-0.4, -0.2) is 31.3 Å². The molecule has 10 heteroatoms. The highest BCUT2D eigenvalue weighted by molar-refractivity contribution is 7.99. The Morgan fingerprint density at radius 3 is 2.80 bits per heavy atom. The maximum Gasteiger partial charge on any atom is 0.271 e. The van der Waals surface area contributed by atoms with Gasteiger partial charge >= 0.3 is 0 Å². The van der Waals surface area contributed by atoms with Gasteiger partial charge in [0.15, 0.2) is 16.7 Å². The number of nitrogens with zero attached hydrogens (tertiary/aromatic N) is 4. The molecule has 0 radical (unpaired) electrons. The Morgan fingerprint density at radius 1 is 1.23 bits per heavy atom. The van der Waals surface area contributed by atoms with Crippen molar-refractivity contribution < 1.29 is 14.1 Å². The summed E-state index contributed by atoms with van der Waals surface area (Å²) in [5, 5.41) is 23.5. The number of nitrogens with one attached hydrogen (secondary N) is 1. The van der Waals surface area contributed by atoms with Crippen molar-refractivity contribution >= 4 is 40.0 Å². The Kier molecular flexibility index (Phi) is 5.23. The first-order valence-corrected chi connectivity index (χ1v) is 9.97. The van der Waals surface area contributed by atoms with Crippen LogP contribution in [0, 0.1) is 17.0 Å². The van der Waals surface area contributed by atoms with Gasteiger partial charge in [0.2, 0.25) is 5.91 Å². The van der Waals surface area contributed by atoms with E-state index in [9.17, 15) is 14.9 Å². The maximum atomic E-state index is 12.3. The van der Waals surface area contributed by atoms with E-state index in [1.54, 1.807) is 24.6 Å². The number of aryl methyl sites for hydroxylation is 1. The molecule has 0 fully saturated rings. The molecule has 0 atom stereocenters. The summed E-state index contributed by atoms with van der Waals surface area (Å²) in [6.45, 7) is 1.77. The van der Waals surface area contributed by atoms with Crippen LogP contribution >= 0.6 is 11.8 Å². The fourth-order valence-electron chi connectivity index (χ4n) is 2.92. The quantitative estimate of drug-likeness (QED) is 0.281. The monoisotopic (exact) mass is 423 g/mol. The van der Waals surface area contributed by atoms with E-state index in [1.165, 1.54) is 23.9 Å². The molecule has 1 N–H and O–H groups in total. The van der Waals surface area contributed by atoms with Gasteiger partial charge in [-0.25, -0.2) is 0 Å². The van der Waals surface area contributed by atoms with Crippen LogP contribution in [0.3, 0.4) is 0 Å². The van der Waals surface area contributed by atoms with Gasteiger partial charge in [-0.15, -0.1) is 10.2 Å². The van der Waals surface area contributed by atoms with Crippen molar-refractivity contribution in [2.75, 3.05) is 11.1 Å². The molecule has 0 saturated heterocycles. The van der Waals surface area contributed by atoms with Gasteiger partial charge in [0, 0.05) is 24.6 Å². The van der Waals surface area contributed by atoms with Gasteiger partial charge in [0.1, 0.15) is 5.58 Å². The number of furan rings is 1. The number of thioether (sulfide) groups is 1. The maximum absolute atomic E-state index is 12.3. The largest absolute Gasteiger partial charge is 0.453 e. The molecular formula is C20H17N5O4S. The lowest BCUT2D eigenvalue weighted by atomic mass is 10.2. The first-order valence-electron chi connectivity index (χ1n) is 8.98. The smallest absolute Gasteiger partial charge is 0.271 e. The van der Waals surface area contributed by atoms with Crippen molar-refractivity contribution in [3.63, 3.8) is 0 Å². The highest BCUT2D eigenvalue weighted by Crippen LogP contribution is 2.28. The topological polar surface area (TPSA) is 116 Å². The third-order valence-electron chi connectivity index (χ3n) is 4.52.